The lowest BCUT2D eigenvalue weighted by molar-refractivity contribution is 0.0691. The van der Waals surface area contributed by atoms with E-state index in [0.717, 1.165) is 16.6 Å². The van der Waals surface area contributed by atoms with Crippen LogP contribution in [-0.2, 0) is 13.5 Å². The van der Waals surface area contributed by atoms with Gasteiger partial charge in [0.2, 0.25) is 0 Å². The molecule has 21 heavy (non-hydrogen) atoms. The maximum absolute atomic E-state index is 13.0. The summed E-state index contributed by atoms with van der Waals surface area (Å²) >= 11 is 0. The standard InChI is InChI=1S/C16H13FN2O2/c1-19-7-6-13-15(19)11(9-14(18-13)16(20)21)8-10-2-4-12(17)5-3-10/h2-7,9H,8H2,1H3,(H,20,21). The number of aromatic nitrogens is 2. The SMILES string of the molecule is Cn1ccc2nc(C(=O)O)cc(Cc3ccc(F)cc3)c21. The predicted octanol–water partition coefficient (Wildman–Crippen LogP) is 3.00. The first kappa shape index (κ1) is 13.3. The van der Waals surface area contributed by atoms with Crippen molar-refractivity contribution in [2.45, 2.75) is 6.42 Å². The van der Waals surface area contributed by atoms with Crippen LogP contribution in [0.1, 0.15) is 21.6 Å². The van der Waals surface area contributed by atoms with Crippen molar-refractivity contribution in [3.05, 3.63) is 65.2 Å². The molecule has 0 spiro atoms. The van der Waals surface area contributed by atoms with Gasteiger partial charge in [-0.3, -0.25) is 0 Å². The zero-order valence-electron chi connectivity index (χ0n) is 11.4. The summed E-state index contributed by atoms with van der Waals surface area (Å²) < 4.78 is 14.9. The Labute approximate surface area is 120 Å². The fourth-order valence-corrected chi connectivity index (χ4v) is 2.46. The molecule has 0 amide bonds. The molecule has 0 bridgehead atoms. The molecule has 0 fully saturated rings. The molecule has 2 heterocycles. The minimum absolute atomic E-state index is 0.0193. The number of nitrogens with zero attached hydrogens (tertiary/aromatic N) is 2. The van der Waals surface area contributed by atoms with Gasteiger partial charge in [-0.1, -0.05) is 12.1 Å². The van der Waals surface area contributed by atoms with Gasteiger partial charge in [0.1, 0.15) is 11.5 Å². The van der Waals surface area contributed by atoms with Crippen LogP contribution in [0.5, 0.6) is 0 Å². The lowest BCUT2D eigenvalue weighted by Gasteiger charge is -2.08. The monoisotopic (exact) mass is 284 g/mol. The molecule has 0 unspecified atom stereocenters. The zero-order chi connectivity index (χ0) is 15.0. The van der Waals surface area contributed by atoms with Crippen LogP contribution in [0.15, 0.2) is 42.6 Å². The van der Waals surface area contributed by atoms with Gasteiger partial charge in [0, 0.05) is 13.2 Å². The van der Waals surface area contributed by atoms with Crippen molar-refractivity contribution in [3.8, 4) is 0 Å². The first-order valence-corrected chi connectivity index (χ1v) is 6.47. The Hall–Kier alpha value is -2.69. The summed E-state index contributed by atoms with van der Waals surface area (Å²) in [4.78, 5) is 15.3. The van der Waals surface area contributed by atoms with E-state index in [-0.39, 0.29) is 11.5 Å². The molecular formula is C16H13FN2O2. The third-order valence-electron chi connectivity index (χ3n) is 3.43. The number of hydrogen-bond acceptors (Lipinski definition) is 2. The van der Waals surface area contributed by atoms with Gasteiger partial charge in [0.05, 0.1) is 11.0 Å². The predicted molar refractivity (Wildman–Crippen MR) is 76.9 cm³/mol. The molecule has 0 saturated carbocycles. The number of carboxylic acids is 1. The fraction of sp³-hybridized carbons (Fsp3) is 0.125. The highest BCUT2D eigenvalue weighted by Crippen LogP contribution is 2.22. The number of rotatable bonds is 3. The first-order chi connectivity index (χ1) is 10.0. The van der Waals surface area contributed by atoms with E-state index in [4.69, 9.17) is 5.11 Å². The second-order valence-corrected chi connectivity index (χ2v) is 4.94. The van der Waals surface area contributed by atoms with Gasteiger partial charge >= 0.3 is 5.97 Å². The van der Waals surface area contributed by atoms with E-state index in [1.54, 1.807) is 24.3 Å². The summed E-state index contributed by atoms with van der Waals surface area (Å²) in [6, 6.07) is 9.56. The van der Waals surface area contributed by atoms with Gasteiger partial charge in [0.15, 0.2) is 0 Å². The first-order valence-electron chi connectivity index (χ1n) is 6.47. The van der Waals surface area contributed by atoms with Crippen LogP contribution in [0.25, 0.3) is 11.0 Å². The van der Waals surface area contributed by atoms with Gasteiger partial charge in [-0.05, 0) is 41.8 Å². The smallest absolute Gasteiger partial charge is 0.354 e. The number of aryl methyl sites for hydroxylation is 1. The maximum atomic E-state index is 13.0. The van der Waals surface area contributed by atoms with E-state index in [9.17, 15) is 9.18 Å². The Balaban J connectivity index is 2.12. The molecule has 0 aliphatic heterocycles. The van der Waals surface area contributed by atoms with Crippen LogP contribution >= 0.6 is 0 Å². The highest BCUT2D eigenvalue weighted by Gasteiger charge is 2.13. The number of carbonyl (C=O) groups is 1. The van der Waals surface area contributed by atoms with E-state index >= 15 is 0 Å². The normalized spacial score (nSPS) is 11.0. The van der Waals surface area contributed by atoms with Crippen LogP contribution in [0, 0.1) is 5.82 Å². The largest absolute Gasteiger partial charge is 0.477 e. The van der Waals surface area contributed by atoms with Crippen LogP contribution in [-0.4, -0.2) is 20.6 Å². The Morgan fingerprint density at radius 1 is 1.29 bits per heavy atom. The topological polar surface area (TPSA) is 55.1 Å². The molecule has 0 aliphatic rings. The molecule has 106 valence electrons. The molecule has 0 radical (unpaired) electrons. The Morgan fingerprint density at radius 3 is 2.67 bits per heavy atom. The number of pyridine rings is 1. The third-order valence-corrected chi connectivity index (χ3v) is 3.43. The molecule has 0 saturated heterocycles. The van der Waals surface area contributed by atoms with Crippen molar-refractivity contribution in [2.75, 3.05) is 0 Å². The van der Waals surface area contributed by atoms with Crippen molar-refractivity contribution >= 4 is 17.0 Å². The van der Waals surface area contributed by atoms with E-state index in [0.29, 0.717) is 11.9 Å². The Morgan fingerprint density at radius 2 is 2.00 bits per heavy atom. The minimum atomic E-state index is -1.05. The summed E-state index contributed by atoms with van der Waals surface area (Å²) in [5.74, 6) is -1.34. The molecule has 3 aromatic rings. The van der Waals surface area contributed by atoms with Crippen molar-refractivity contribution in [3.63, 3.8) is 0 Å². The number of benzene rings is 1. The van der Waals surface area contributed by atoms with Crippen LogP contribution < -0.4 is 0 Å². The maximum Gasteiger partial charge on any atom is 0.354 e. The lowest BCUT2D eigenvalue weighted by atomic mass is 10.0. The molecule has 0 aliphatic carbocycles. The molecule has 3 rings (SSSR count). The van der Waals surface area contributed by atoms with Crippen LogP contribution in [0.4, 0.5) is 4.39 Å². The van der Waals surface area contributed by atoms with Gasteiger partial charge in [-0.25, -0.2) is 14.2 Å². The summed E-state index contributed by atoms with van der Waals surface area (Å²) in [7, 11) is 1.89. The number of aromatic carboxylic acids is 1. The quantitative estimate of drug-likeness (QED) is 0.804. The van der Waals surface area contributed by atoms with Gasteiger partial charge in [-0.15, -0.1) is 0 Å². The molecule has 5 heteroatoms. The zero-order valence-corrected chi connectivity index (χ0v) is 11.4. The Kier molecular flexibility index (Phi) is 3.17. The minimum Gasteiger partial charge on any atom is -0.477 e. The molecule has 2 aromatic heterocycles. The van der Waals surface area contributed by atoms with E-state index in [2.05, 4.69) is 4.98 Å². The summed E-state index contributed by atoms with van der Waals surface area (Å²) in [6.45, 7) is 0. The van der Waals surface area contributed by atoms with Crippen LogP contribution in [0.3, 0.4) is 0 Å². The number of hydrogen-bond donors (Lipinski definition) is 1. The van der Waals surface area contributed by atoms with Gasteiger partial charge in [0.25, 0.3) is 0 Å². The van der Waals surface area contributed by atoms with Crippen molar-refractivity contribution < 1.29 is 14.3 Å². The summed E-state index contributed by atoms with van der Waals surface area (Å²) in [5, 5.41) is 9.16. The highest BCUT2D eigenvalue weighted by atomic mass is 19.1. The average molecular weight is 284 g/mol. The molecule has 4 nitrogen and oxygen atoms in total. The van der Waals surface area contributed by atoms with Crippen molar-refractivity contribution in [1.29, 1.82) is 0 Å². The molecule has 1 aromatic carbocycles. The van der Waals surface area contributed by atoms with Crippen molar-refractivity contribution in [1.82, 2.24) is 9.55 Å². The molecule has 0 atom stereocenters. The second kappa shape index (κ2) is 5.01. The second-order valence-electron chi connectivity index (χ2n) is 4.94. The van der Waals surface area contributed by atoms with Crippen LogP contribution in [0.2, 0.25) is 0 Å². The summed E-state index contributed by atoms with van der Waals surface area (Å²) in [5.41, 5.74) is 3.34. The Bertz CT molecular complexity index is 822. The van der Waals surface area contributed by atoms with Crippen molar-refractivity contribution in [2.24, 2.45) is 7.05 Å². The number of fused-ring (bicyclic) bond motifs is 1. The van der Waals surface area contributed by atoms with Gasteiger partial charge in [-0.2, -0.15) is 0 Å². The highest BCUT2D eigenvalue weighted by molar-refractivity contribution is 5.90. The number of halogens is 1. The van der Waals surface area contributed by atoms with E-state index in [1.165, 1.54) is 12.1 Å². The fourth-order valence-electron chi connectivity index (χ4n) is 2.46. The number of carboxylic acid groups (broad SMARTS) is 1. The van der Waals surface area contributed by atoms with E-state index in [1.807, 2.05) is 17.8 Å². The molecule has 1 N–H and O–H groups in total. The lowest BCUT2D eigenvalue weighted by Crippen LogP contribution is -2.04. The third kappa shape index (κ3) is 2.50. The molecular weight excluding hydrogens is 271 g/mol. The summed E-state index contributed by atoms with van der Waals surface area (Å²) in [6.07, 6.45) is 2.37. The van der Waals surface area contributed by atoms with Gasteiger partial charge < -0.3 is 9.67 Å². The average Bonchev–Trinajstić information content (AvgIpc) is 2.83. The van der Waals surface area contributed by atoms with E-state index < -0.39 is 5.97 Å².